The van der Waals surface area contributed by atoms with Crippen LogP contribution < -0.4 is 0 Å². The molecule has 0 saturated carbocycles. The number of benzene rings is 2. The van der Waals surface area contributed by atoms with Gasteiger partial charge in [-0.15, -0.1) is 0 Å². The molecule has 1 aromatic heterocycles. The lowest BCUT2D eigenvalue weighted by Crippen LogP contribution is -2.45. The van der Waals surface area contributed by atoms with Gasteiger partial charge in [0.25, 0.3) is 0 Å². The number of rotatable bonds is 4. The summed E-state index contributed by atoms with van der Waals surface area (Å²) in [5, 5.41) is 1.42. The van der Waals surface area contributed by atoms with Crippen LogP contribution in [0, 0.1) is 6.92 Å². The summed E-state index contributed by atoms with van der Waals surface area (Å²) in [6.07, 6.45) is 7.46. The Balaban J connectivity index is 1.17. The highest BCUT2D eigenvalue weighted by molar-refractivity contribution is 5.83. The maximum absolute atomic E-state index is 3.46. The van der Waals surface area contributed by atoms with Crippen LogP contribution in [-0.4, -0.2) is 47.6 Å². The Morgan fingerprint density at radius 2 is 1.66 bits per heavy atom. The minimum absolute atomic E-state index is 0.698. The zero-order valence-electron chi connectivity index (χ0n) is 17.6. The van der Waals surface area contributed by atoms with Gasteiger partial charge in [-0.25, -0.2) is 0 Å². The number of hydrogen-bond acceptors (Lipinski definition) is 2. The van der Waals surface area contributed by atoms with E-state index < -0.39 is 0 Å². The van der Waals surface area contributed by atoms with Crippen LogP contribution in [0.2, 0.25) is 0 Å². The van der Waals surface area contributed by atoms with Crippen molar-refractivity contribution < 1.29 is 0 Å². The third kappa shape index (κ3) is 4.12. The number of aromatic nitrogens is 1. The van der Waals surface area contributed by atoms with Gasteiger partial charge in [0.05, 0.1) is 6.67 Å². The Morgan fingerprint density at radius 3 is 2.48 bits per heavy atom. The van der Waals surface area contributed by atoms with Crippen LogP contribution in [0.3, 0.4) is 0 Å². The summed E-state index contributed by atoms with van der Waals surface area (Å²) >= 11 is 0. The molecule has 1 N–H and O–H groups in total. The van der Waals surface area contributed by atoms with Crippen molar-refractivity contribution in [3.63, 3.8) is 0 Å². The van der Waals surface area contributed by atoms with Gasteiger partial charge < -0.3 is 4.98 Å². The van der Waals surface area contributed by atoms with Crippen molar-refractivity contribution in [2.75, 3.05) is 32.8 Å². The van der Waals surface area contributed by atoms with Gasteiger partial charge in [-0.2, -0.15) is 0 Å². The first-order valence-electron chi connectivity index (χ1n) is 11.3. The minimum atomic E-state index is 0.698. The molecule has 3 heteroatoms. The lowest BCUT2D eigenvalue weighted by molar-refractivity contribution is 0.0858. The lowest BCUT2D eigenvalue weighted by Gasteiger charge is -2.39. The van der Waals surface area contributed by atoms with Crippen molar-refractivity contribution in [3.8, 4) is 0 Å². The number of fused-ring (bicyclic) bond motifs is 1. The molecule has 0 bridgehead atoms. The van der Waals surface area contributed by atoms with Gasteiger partial charge in [-0.05, 0) is 81.3 Å². The molecule has 3 heterocycles. The molecular weight excluding hydrogens is 354 g/mol. The van der Waals surface area contributed by atoms with Crippen molar-refractivity contribution in [1.82, 2.24) is 14.8 Å². The first-order valence-corrected chi connectivity index (χ1v) is 11.3. The van der Waals surface area contributed by atoms with Crippen LogP contribution in [0.25, 0.3) is 10.9 Å². The Morgan fingerprint density at radius 1 is 0.862 bits per heavy atom. The number of nitrogens with one attached hydrogen (secondary N) is 1. The summed E-state index contributed by atoms with van der Waals surface area (Å²) in [5.41, 5.74) is 5.69. The maximum atomic E-state index is 3.46. The van der Waals surface area contributed by atoms with Crippen molar-refractivity contribution in [1.29, 1.82) is 0 Å². The zero-order chi connectivity index (χ0) is 19.6. The maximum Gasteiger partial charge on any atom is 0.0506 e. The first-order chi connectivity index (χ1) is 14.3. The van der Waals surface area contributed by atoms with E-state index >= 15 is 0 Å². The first kappa shape index (κ1) is 18.9. The molecular formula is C26H33N3. The van der Waals surface area contributed by atoms with Gasteiger partial charge >= 0.3 is 0 Å². The number of nitrogens with zero attached hydrogens (tertiary/aromatic N) is 2. The van der Waals surface area contributed by atoms with Crippen LogP contribution in [0.1, 0.15) is 54.2 Å². The number of aromatic amines is 1. The van der Waals surface area contributed by atoms with E-state index in [1.54, 1.807) is 0 Å². The highest BCUT2D eigenvalue weighted by Gasteiger charge is 2.26. The van der Waals surface area contributed by atoms with Gasteiger partial charge in [-0.1, -0.05) is 48.0 Å². The summed E-state index contributed by atoms with van der Waals surface area (Å²) in [6, 6.07) is 18.0. The van der Waals surface area contributed by atoms with E-state index in [0.717, 1.165) is 6.67 Å². The van der Waals surface area contributed by atoms with Crippen molar-refractivity contribution in [2.24, 2.45) is 0 Å². The second-order valence-electron chi connectivity index (χ2n) is 9.15. The topological polar surface area (TPSA) is 22.3 Å². The number of likely N-dealkylation sites (tertiary alicyclic amines) is 2. The fourth-order valence-electron chi connectivity index (χ4n) is 5.39. The second-order valence-corrected chi connectivity index (χ2v) is 9.15. The summed E-state index contributed by atoms with van der Waals surface area (Å²) < 4.78 is 0. The second kappa shape index (κ2) is 8.33. The molecule has 2 aliphatic heterocycles. The zero-order valence-corrected chi connectivity index (χ0v) is 17.6. The average Bonchev–Trinajstić information content (AvgIpc) is 3.19. The van der Waals surface area contributed by atoms with Crippen molar-refractivity contribution in [2.45, 2.75) is 44.4 Å². The molecule has 5 rings (SSSR count). The number of aryl methyl sites for hydroxylation is 1. The van der Waals surface area contributed by atoms with E-state index in [0.29, 0.717) is 11.8 Å². The van der Waals surface area contributed by atoms with Crippen molar-refractivity contribution >= 4 is 10.9 Å². The molecule has 1 atom stereocenters. The molecule has 0 aliphatic carbocycles. The molecule has 3 nitrogen and oxygen atoms in total. The van der Waals surface area contributed by atoms with Gasteiger partial charge in [0.2, 0.25) is 0 Å². The summed E-state index contributed by atoms with van der Waals surface area (Å²) in [4.78, 5) is 8.84. The highest BCUT2D eigenvalue weighted by atomic mass is 15.3. The van der Waals surface area contributed by atoms with Gasteiger partial charge in [0, 0.05) is 23.6 Å². The SMILES string of the molecule is Cc1ccc(C2CCCN(CN3CCC(c4c[nH]c5ccccc45)CC3)C2)cc1. The van der Waals surface area contributed by atoms with Gasteiger partial charge in [-0.3, -0.25) is 9.80 Å². The average molecular weight is 388 g/mol. The third-order valence-electron chi connectivity index (χ3n) is 7.10. The van der Waals surface area contributed by atoms with Gasteiger partial charge in [0.1, 0.15) is 0 Å². The predicted molar refractivity (Wildman–Crippen MR) is 121 cm³/mol. The van der Waals surface area contributed by atoms with Crippen LogP contribution in [0.4, 0.5) is 0 Å². The lowest BCUT2D eigenvalue weighted by atomic mass is 9.89. The fourth-order valence-corrected chi connectivity index (χ4v) is 5.39. The van der Waals surface area contributed by atoms with Crippen LogP contribution >= 0.6 is 0 Å². The molecule has 0 radical (unpaired) electrons. The van der Waals surface area contributed by atoms with Crippen LogP contribution in [-0.2, 0) is 0 Å². The molecule has 0 spiro atoms. The number of H-pyrrole nitrogens is 1. The number of para-hydroxylation sites is 1. The molecule has 152 valence electrons. The van der Waals surface area contributed by atoms with E-state index in [2.05, 4.69) is 76.4 Å². The predicted octanol–water partition coefficient (Wildman–Crippen LogP) is 5.49. The van der Waals surface area contributed by atoms with Crippen LogP contribution in [0.5, 0.6) is 0 Å². The number of hydrogen-bond donors (Lipinski definition) is 1. The Hall–Kier alpha value is -2.10. The molecule has 29 heavy (non-hydrogen) atoms. The van der Waals surface area contributed by atoms with E-state index in [1.165, 1.54) is 79.5 Å². The Labute approximate surface area is 174 Å². The largest absolute Gasteiger partial charge is 0.361 e. The Kier molecular flexibility index (Phi) is 5.43. The van der Waals surface area contributed by atoms with E-state index in [1.807, 2.05) is 0 Å². The molecule has 2 aliphatic rings. The summed E-state index contributed by atoms with van der Waals surface area (Å²) in [5.74, 6) is 1.40. The van der Waals surface area contributed by atoms with E-state index in [4.69, 9.17) is 0 Å². The van der Waals surface area contributed by atoms with Crippen LogP contribution in [0.15, 0.2) is 54.7 Å². The fraction of sp³-hybridized carbons (Fsp3) is 0.462. The summed E-state index contributed by atoms with van der Waals surface area (Å²) in [7, 11) is 0. The smallest absolute Gasteiger partial charge is 0.0506 e. The van der Waals surface area contributed by atoms with E-state index in [9.17, 15) is 0 Å². The molecule has 0 amide bonds. The quantitative estimate of drug-likeness (QED) is 0.639. The summed E-state index contributed by atoms with van der Waals surface area (Å²) in [6.45, 7) is 8.22. The Bertz CT molecular complexity index is 934. The highest BCUT2D eigenvalue weighted by Crippen LogP contribution is 2.33. The normalized spacial score (nSPS) is 22.3. The minimum Gasteiger partial charge on any atom is -0.361 e. The molecule has 1 unspecified atom stereocenters. The third-order valence-corrected chi connectivity index (χ3v) is 7.10. The number of piperidine rings is 2. The monoisotopic (exact) mass is 387 g/mol. The molecule has 2 aromatic carbocycles. The van der Waals surface area contributed by atoms with Gasteiger partial charge in [0.15, 0.2) is 0 Å². The molecule has 2 saturated heterocycles. The van der Waals surface area contributed by atoms with E-state index in [-0.39, 0.29) is 0 Å². The van der Waals surface area contributed by atoms with Crippen molar-refractivity contribution in [3.05, 3.63) is 71.4 Å². The molecule has 3 aromatic rings. The molecule has 2 fully saturated rings. The standard InChI is InChI=1S/C26H33N3/c1-20-8-10-21(11-9-20)23-5-4-14-29(18-23)19-28-15-12-22(13-16-28)25-17-27-26-7-3-2-6-24(25)26/h2-3,6-11,17,22-23,27H,4-5,12-16,18-19H2,1H3.